The van der Waals surface area contributed by atoms with E-state index in [0.29, 0.717) is 18.8 Å². The Morgan fingerprint density at radius 1 is 1.07 bits per heavy atom. The van der Waals surface area contributed by atoms with E-state index in [9.17, 15) is 4.79 Å². The molecule has 0 aliphatic carbocycles. The van der Waals surface area contributed by atoms with Gasteiger partial charge in [0.05, 0.1) is 26.5 Å². The van der Waals surface area contributed by atoms with Crippen molar-refractivity contribution in [2.45, 2.75) is 25.7 Å². The van der Waals surface area contributed by atoms with Gasteiger partial charge in [-0.25, -0.2) is 0 Å². The number of hydrogen-bond donors (Lipinski definition) is 1. The van der Waals surface area contributed by atoms with Gasteiger partial charge >= 0.3 is 0 Å². The molecule has 4 rings (SSSR count). The van der Waals surface area contributed by atoms with E-state index in [1.54, 1.807) is 25.6 Å². The van der Waals surface area contributed by atoms with Gasteiger partial charge in [-0.15, -0.1) is 11.3 Å². The van der Waals surface area contributed by atoms with Crippen LogP contribution in [-0.4, -0.2) is 26.7 Å². The van der Waals surface area contributed by atoms with Crippen LogP contribution >= 0.6 is 11.3 Å². The second-order valence-electron chi connectivity index (χ2n) is 7.18. The summed E-state index contributed by atoms with van der Waals surface area (Å²) in [5, 5.41) is 5.20. The number of hydrogen-bond acceptors (Lipinski definition) is 5. The summed E-state index contributed by atoms with van der Waals surface area (Å²) < 4.78 is 16.6. The van der Waals surface area contributed by atoms with Gasteiger partial charge in [-0.05, 0) is 41.8 Å². The summed E-state index contributed by atoms with van der Waals surface area (Å²) in [6.45, 7) is 2.71. The van der Waals surface area contributed by atoms with Crippen molar-refractivity contribution in [3.8, 4) is 28.4 Å². The number of ether oxygens (including phenoxy) is 3. The molecule has 0 bridgehead atoms. The molecule has 1 unspecified atom stereocenters. The third-order valence-electron chi connectivity index (χ3n) is 5.24. The highest BCUT2D eigenvalue weighted by Crippen LogP contribution is 2.47. The van der Waals surface area contributed by atoms with Gasteiger partial charge in [-0.3, -0.25) is 4.79 Å². The molecule has 156 valence electrons. The molecular weight excluding hydrogens is 398 g/mol. The van der Waals surface area contributed by atoms with Crippen molar-refractivity contribution in [1.29, 1.82) is 0 Å². The maximum Gasteiger partial charge on any atom is 0.225 e. The number of rotatable bonds is 7. The largest absolute Gasteiger partial charge is 0.497 e. The Kier molecular flexibility index (Phi) is 5.95. The van der Waals surface area contributed by atoms with Crippen molar-refractivity contribution in [1.82, 2.24) is 0 Å². The summed E-state index contributed by atoms with van der Waals surface area (Å²) in [4.78, 5) is 13.7. The molecule has 5 nitrogen and oxygen atoms in total. The van der Waals surface area contributed by atoms with Gasteiger partial charge in [0, 0.05) is 28.2 Å². The molecule has 6 heteroatoms. The van der Waals surface area contributed by atoms with E-state index in [1.807, 2.05) is 42.5 Å². The zero-order valence-electron chi connectivity index (χ0n) is 17.4. The van der Waals surface area contributed by atoms with Crippen LogP contribution in [0.15, 0.2) is 47.8 Å². The highest BCUT2D eigenvalue weighted by atomic mass is 32.1. The first-order chi connectivity index (χ1) is 14.6. The molecule has 1 amide bonds. The van der Waals surface area contributed by atoms with Gasteiger partial charge in [0.15, 0.2) is 11.5 Å². The number of thiophene rings is 1. The normalized spacial score (nSPS) is 15.3. The van der Waals surface area contributed by atoms with Crippen molar-refractivity contribution < 1.29 is 19.0 Å². The third kappa shape index (κ3) is 3.87. The average Bonchev–Trinajstić information content (AvgIpc) is 3.20. The summed E-state index contributed by atoms with van der Waals surface area (Å²) in [6, 6.07) is 13.9. The fourth-order valence-electron chi connectivity index (χ4n) is 3.71. The number of methoxy groups -OCH3 is 2. The van der Waals surface area contributed by atoms with Crippen molar-refractivity contribution in [2.75, 3.05) is 26.1 Å². The van der Waals surface area contributed by atoms with Crippen LogP contribution in [0, 0.1) is 0 Å². The summed E-state index contributed by atoms with van der Waals surface area (Å²) in [5.74, 6) is 2.24. The lowest BCUT2D eigenvalue weighted by Crippen LogP contribution is -2.22. The minimum Gasteiger partial charge on any atom is -0.497 e. The van der Waals surface area contributed by atoms with Crippen LogP contribution in [-0.2, 0) is 4.79 Å². The molecule has 3 aromatic rings. The van der Waals surface area contributed by atoms with Crippen LogP contribution in [0.3, 0.4) is 0 Å². The minimum atomic E-state index is -0.0140. The van der Waals surface area contributed by atoms with Crippen LogP contribution in [0.4, 0.5) is 5.69 Å². The second-order valence-corrected chi connectivity index (χ2v) is 8.09. The van der Waals surface area contributed by atoms with Crippen molar-refractivity contribution in [3.05, 3.63) is 58.3 Å². The van der Waals surface area contributed by atoms with E-state index < -0.39 is 0 Å². The highest BCUT2D eigenvalue weighted by molar-refractivity contribution is 7.11. The molecule has 30 heavy (non-hydrogen) atoms. The van der Waals surface area contributed by atoms with E-state index in [0.717, 1.165) is 45.2 Å². The van der Waals surface area contributed by atoms with E-state index in [-0.39, 0.29) is 11.8 Å². The SMILES string of the molecule is CCCOc1ccc(C2CC(=O)Nc3c(-c4ccc(OC)cc4)csc32)cc1OC. The molecule has 1 atom stereocenters. The Labute approximate surface area is 180 Å². The predicted molar refractivity (Wildman–Crippen MR) is 120 cm³/mol. The molecule has 2 aromatic carbocycles. The van der Waals surface area contributed by atoms with Crippen LogP contribution in [0.25, 0.3) is 11.1 Å². The van der Waals surface area contributed by atoms with Crippen LogP contribution in [0.1, 0.15) is 36.1 Å². The Hall–Kier alpha value is -2.99. The summed E-state index contributed by atoms with van der Waals surface area (Å²) in [5.41, 5.74) is 4.03. The number of carbonyl (C=O) groups excluding carboxylic acids is 1. The fourth-order valence-corrected chi connectivity index (χ4v) is 4.87. The standard InChI is InChI=1S/C24H25NO4S/c1-4-11-29-20-10-7-16(12-21(20)28-3)18-13-22(26)25-23-19(14-30-24(18)23)15-5-8-17(27-2)9-6-15/h5-10,12,14,18H,4,11,13H2,1-3H3,(H,25,26). The lowest BCUT2D eigenvalue weighted by atomic mass is 9.89. The summed E-state index contributed by atoms with van der Waals surface area (Å²) >= 11 is 1.68. The van der Waals surface area contributed by atoms with Gasteiger partial charge in [0.25, 0.3) is 0 Å². The lowest BCUT2D eigenvalue weighted by molar-refractivity contribution is -0.116. The molecule has 0 fully saturated rings. The second kappa shape index (κ2) is 8.79. The number of benzene rings is 2. The van der Waals surface area contributed by atoms with Gasteiger partial charge in [-0.1, -0.05) is 25.1 Å². The monoisotopic (exact) mass is 423 g/mol. The number of nitrogens with one attached hydrogen (secondary N) is 1. The topological polar surface area (TPSA) is 56.8 Å². The minimum absolute atomic E-state index is 0.0140. The maximum absolute atomic E-state index is 12.6. The van der Waals surface area contributed by atoms with Crippen molar-refractivity contribution >= 4 is 22.9 Å². The Bertz CT molecular complexity index is 1040. The molecule has 0 saturated heterocycles. The first kappa shape index (κ1) is 20.3. The smallest absolute Gasteiger partial charge is 0.225 e. The number of amides is 1. The first-order valence-electron chi connectivity index (χ1n) is 10.0. The summed E-state index contributed by atoms with van der Waals surface area (Å²) in [7, 11) is 3.29. The zero-order chi connectivity index (χ0) is 21.1. The molecule has 0 saturated carbocycles. The molecular formula is C24H25NO4S. The lowest BCUT2D eigenvalue weighted by Gasteiger charge is -2.24. The molecule has 1 aliphatic heterocycles. The van der Waals surface area contributed by atoms with Gasteiger partial charge < -0.3 is 19.5 Å². The third-order valence-corrected chi connectivity index (χ3v) is 6.34. The average molecular weight is 424 g/mol. The van der Waals surface area contributed by atoms with E-state index >= 15 is 0 Å². The first-order valence-corrected chi connectivity index (χ1v) is 10.9. The Balaban J connectivity index is 1.70. The molecule has 0 radical (unpaired) electrons. The predicted octanol–water partition coefficient (Wildman–Crippen LogP) is 5.70. The van der Waals surface area contributed by atoms with E-state index in [4.69, 9.17) is 14.2 Å². The number of anilines is 1. The van der Waals surface area contributed by atoms with Gasteiger partial charge in [-0.2, -0.15) is 0 Å². The van der Waals surface area contributed by atoms with Gasteiger partial charge in [0.1, 0.15) is 5.75 Å². The van der Waals surface area contributed by atoms with E-state index in [1.165, 1.54) is 0 Å². The maximum atomic E-state index is 12.6. The van der Waals surface area contributed by atoms with Crippen LogP contribution < -0.4 is 19.5 Å². The summed E-state index contributed by atoms with van der Waals surface area (Å²) in [6.07, 6.45) is 1.34. The molecule has 1 aliphatic rings. The Morgan fingerprint density at radius 2 is 1.87 bits per heavy atom. The molecule has 1 N–H and O–H groups in total. The molecule has 2 heterocycles. The van der Waals surface area contributed by atoms with Crippen molar-refractivity contribution in [3.63, 3.8) is 0 Å². The van der Waals surface area contributed by atoms with Crippen LogP contribution in [0.2, 0.25) is 0 Å². The molecule has 1 aromatic heterocycles. The van der Waals surface area contributed by atoms with Crippen molar-refractivity contribution in [2.24, 2.45) is 0 Å². The number of fused-ring (bicyclic) bond motifs is 1. The zero-order valence-corrected chi connectivity index (χ0v) is 18.2. The molecule has 0 spiro atoms. The van der Waals surface area contributed by atoms with E-state index in [2.05, 4.69) is 17.6 Å². The Morgan fingerprint density at radius 3 is 2.57 bits per heavy atom. The number of carbonyl (C=O) groups is 1. The quantitative estimate of drug-likeness (QED) is 0.530. The van der Waals surface area contributed by atoms with Crippen LogP contribution in [0.5, 0.6) is 17.2 Å². The fraction of sp³-hybridized carbons (Fsp3) is 0.292. The van der Waals surface area contributed by atoms with Gasteiger partial charge in [0.2, 0.25) is 5.91 Å². The highest BCUT2D eigenvalue weighted by Gasteiger charge is 2.31.